The third-order valence-electron chi connectivity index (χ3n) is 8.47. The zero-order valence-corrected chi connectivity index (χ0v) is 29.5. The molecule has 0 amide bonds. The molecule has 240 valence electrons. The minimum absolute atomic E-state index is 0.000933. The number of phenols is 2. The van der Waals surface area contributed by atoms with E-state index in [1.54, 1.807) is 6.92 Å². The Morgan fingerprint density at radius 3 is 1.12 bits per heavy atom. The summed E-state index contributed by atoms with van der Waals surface area (Å²) in [6.45, 7) is 31.3. The number of ether oxygens (including phenoxy) is 1. The fraction of sp³-hybridized carbons (Fsp3) is 0.622. The first-order valence-corrected chi connectivity index (χ1v) is 15.5. The monoisotopic (exact) mass is 595 g/mol. The van der Waals surface area contributed by atoms with E-state index in [2.05, 4.69) is 0 Å². The second kappa shape index (κ2) is 12.3. The number of benzene rings is 2. The molecule has 0 unspecified atom stereocenters. The van der Waals surface area contributed by atoms with Crippen LogP contribution in [0.2, 0.25) is 0 Å². The van der Waals surface area contributed by atoms with Gasteiger partial charge in [0.25, 0.3) is 0 Å². The van der Waals surface area contributed by atoms with Crippen LogP contribution in [-0.2, 0) is 41.4 Å². The van der Waals surface area contributed by atoms with Crippen molar-refractivity contribution < 1.29 is 24.5 Å². The van der Waals surface area contributed by atoms with Gasteiger partial charge in [-0.2, -0.15) is 0 Å². The summed E-state index contributed by atoms with van der Waals surface area (Å²) in [4.78, 5) is 29.5. The molecule has 2 N–H and O–H groups in total. The number of esters is 2. The molecule has 0 atom stereocenters. The third-order valence-corrected chi connectivity index (χ3v) is 8.47. The molecular weight excluding hydrogens is 538 g/mol. The van der Waals surface area contributed by atoms with Crippen LogP contribution in [0.1, 0.15) is 137 Å². The van der Waals surface area contributed by atoms with Crippen molar-refractivity contribution in [3.8, 4) is 11.5 Å². The fourth-order valence-corrected chi connectivity index (χ4v) is 5.40. The maximum absolute atomic E-state index is 14.5. The highest BCUT2D eigenvalue weighted by atomic mass is 16.6. The van der Waals surface area contributed by atoms with Gasteiger partial charge < -0.3 is 14.9 Å². The van der Waals surface area contributed by atoms with Crippen LogP contribution in [0.3, 0.4) is 0 Å². The van der Waals surface area contributed by atoms with Crippen molar-refractivity contribution >= 4 is 11.9 Å². The first-order chi connectivity index (χ1) is 19.3. The summed E-state index contributed by atoms with van der Waals surface area (Å²) in [5.74, 6) is -0.903. The summed E-state index contributed by atoms with van der Waals surface area (Å²) in [7, 11) is 0. The normalized spacial score (nSPS) is 13.4. The highest BCUT2D eigenvalue weighted by molar-refractivity contribution is 5.95. The summed E-state index contributed by atoms with van der Waals surface area (Å²) in [6.07, 6.45) is 0. The van der Waals surface area contributed by atoms with Gasteiger partial charge >= 0.3 is 11.9 Å². The van der Waals surface area contributed by atoms with Gasteiger partial charge in [-0.25, -0.2) is 0 Å². The maximum atomic E-state index is 14.5. The minimum Gasteiger partial charge on any atom is -0.507 e. The lowest BCUT2D eigenvalue weighted by Gasteiger charge is -2.36. The zero-order chi connectivity index (χ0) is 33.5. The molecule has 0 aromatic heterocycles. The Morgan fingerprint density at radius 1 is 0.605 bits per heavy atom. The first-order valence-electron chi connectivity index (χ1n) is 15.5. The Bertz CT molecular complexity index is 1190. The van der Waals surface area contributed by atoms with Crippen LogP contribution in [0.25, 0.3) is 0 Å². The summed E-state index contributed by atoms with van der Waals surface area (Å²) in [5.41, 5.74) is 0.846. The molecule has 43 heavy (non-hydrogen) atoms. The van der Waals surface area contributed by atoms with E-state index in [1.807, 2.05) is 126 Å². The molecule has 0 saturated heterocycles. The molecule has 2 aromatic rings. The van der Waals surface area contributed by atoms with Crippen LogP contribution in [0.15, 0.2) is 24.3 Å². The number of nitrogens with zero attached hydrogens (tertiary/aromatic N) is 1. The SMILES string of the molecule is CCN(CC)CC(=O)OC(=O)C(C)(c1cc(C(C)(C)C)c(O)c(C(C)(C)C)c1)c1cc(C(C)(C)C)c(O)c(C(C)(C)C)c1. The summed E-state index contributed by atoms with van der Waals surface area (Å²) >= 11 is 0. The predicted molar refractivity (Wildman–Crippen MR) is 176 cm³/mol. The van der Waals surface area contributed by atoms with Gasteiger partial charge in [-0.15, -0.1) is 0 Å². The Balaban J connectivity index is 3.10. The number of likely N-dealkylation sites (N-methyl/N-ethyl adjacent to an activating group) is 1. The van der Waals surface area contributed by atoms with Gasteiger partial charge in [-0.05, 0) is 75.1 Å². The van der Waals surface area contributed by atoms with E-state index in [9.17, 15) is 19.8 Å². The molecular formula is C37H57NO5. The summed E-state index contributed by atoms with van der Waals surface area (Å²) < 4.78 is 5.68. The molecule has 2 aromatic carbocycles. The number of hydrogen-bond acceptors (Lipinski definition) is 6. The lowest BCUT2D eigenvalue weighted by Crippen LogP contribution is -2.40. The van der Waals surface area contributed by atoms with E-state index in [1.165, 1.54) is 0 Å². The Kier molecular flexibility index (Phi) is 10.4. The van der Waals surface area contributed by atoms with E-state index in [4.69, 9.17) is 4.74 Å². The minimum atomic E-state index is -1.44. The molecule has 2 rings (SSSR count). The van der Waals surface area contributed by atoms with Crippen molar-refractivity contribution in [3.63, 3.8) is 0 Å². The molecule has 0 fully saturated rings. The second-order valence-electron chi connectivity index (χ2n) is 16.2. The molecule has 0 aliphatic rings. The predicted octanol–water partition coefficient (Wildman–Crippen LogP) is 8.01. The van der Waals surface area contributed by atoms with Gasteiger partial charge in [0.2, 0.25) is 0 Å². The number of carbonyl (C=O) groups excluding carboxylic acids is 2. The average Bonchev–Trinajstić information content (AvgIpc) is 2.84. The van der Waals surface area contributed by atoms with Crippen molar-refractivity contribution in [1.82, 2.24) is 4.90 Å². The smallest absolute Gasteiger partial charge is 0.328 e. The Labute approximate surface area is 260 Å². The molecule has 0 heterocycles. The molecule has 0 spiro atoms. The highest BCUT2D eigenvalue weighted by Crippen LogP contribution is 2.47. The van der Waals surface area contributed by atoms with Crippen molar-refractivity contribution in [2.45, 2.75) is 131 Å². The Morgan fingerprint density at radius 2 is 0.884 bits per heavy atom. The van der Waals surface area contributed by atoms with E-state index >= 15 is 0 Å². The largest absolute Gasteiger partial charge is 0.507 e. The van der Waals surface area contributed by atoms with Crippen LogP contribution in [0, 0.1) is 0 Å². The van der Waals surface area contributed by atoms with Crippen LogP contribution in [0.5, 0.6) is 11.5 Å². The van der Waals surface area contributed by atoms with E-state index in [0.29, 0.717) is 46.5 Å². The van der Waals surface area contributed by atoms with Gasteiger partial charge in [0, 0.05) is 0 Å². The highest BCUT2D eigenvalue weighted by Gasteiger charge is 2.44. The average molecular weight is 596 g/mol. The van der Waals surface area contributed by atoms with Gasteiger partial charge in [0.05, 0.1) is 6.54 Å². The molecule has 6 heteroatoms. The molecule has 0 radical (unpaired) electrons. The summed E-state index contributed by atoms with van der Waals surface area (Å²) in [6, 6.07) is 7.50. The number of phenolic OH excluding ortho intramolecular Hbond substituents is 2. The number of hydrogen-bond donors (Lipinski definition) is 2. The van der Waals surface area contributed by atoms with E-state index in [-0.39, 0.29) is 18.0 Å². The van der Waals surface area contributed by atoms with Crippen molar-refractivity contribution in [3.05, 3.63) is 57.6 Å². The maximum Gasteiger partial charge on any atom is 0.328 e. The Hall–Kier alpha value is -2.86. The molecule has 0 aliphatic carbocycles. The lowest BCUT2D eigenvalue weighted by molar-refractivity contribution is -0.163. The topological polar surface area (TPSA) is 87.1 Å². The molecule has 0 aliphatic heterocycles. The van der Waals surface area contributed by atoms with Crippen molar-refractivity contribution in [2.75, 3.05) is 19.6 Å². The standard InChI is InChI=1S/C37H57NO5/c1-16-38(17-2)22-29(39)43-32(42)37(15,23-18-25(33(3,4)5)30(40)26(19-23)34(6,7)8)24-20-27(35(9,10)11)31(41)28(21-24)36(12,13)14/h18-21,40-41H,16-17,22H2,1-15H3. The van der Waals surface area contributed by atoms with Gasteiger partial charge in [-0.1, -0.05) is 121 Å². The third kappa shape index (κ3) is 7.81. The van der Waals surface area contributed by atoms with Crippen LogP contribution in [-0.4, -0.2) is 46.7 Å². The van der Waals surface area contributed by atoms with Crippen LogP contribution in [0.4, 0.5) is 0 Å². The van der Waals surface area contributed by atoms with Gasteiger partial charge in [0.1, 0.15) is 16.9 Å². The van der Waals surface area contributed by atoms with Crippen molar-refractivity contribution in [2.24, 2.45) is 0 Å². The van der Waals surface area contributed by atoms with Gasteiger partial charge in [0.15, 0.2) is 0 Å². The second-order valence-corrected chi connectivity index (χ2v) is 16.2. The lowest BCUT2D eigenvalue weighted by atomic mass is 9.68. The number of aromatic hydroxyl groups is 2. The fourth-order valence-electron chi connectivity index (χ4n) is 5.40. The van der Waals surface area contributed by atoms with Crippen LogP contribution >= 0.6 is 0 Å². The quantitative estimate of drug-likeness (QED) is 0.249. The number of rotatable bonds is 7. The molecule has 6 nitrogen and oxygen atoms in total. The van der Waals surface area contributed by atoms with E-state index in [0.717, 1.165) is 0 Å². The first kappa shape index (κ1) is 36.3. The molecule has 0 bridgehead atoms. The zero-order valence-electron chi connectivity index (χ0n) is 29.5. The summed E-state index contributed by atoms with van der Waals surface area (Å²) in [5, 5.41) is 23.0. The van der Waals surface area contributed by atoms with E-state index < -0.39 is 39.0 Å². The van der Waals surface area contributed by atoms with Crippen LogP contribution < -0.4 is 0 Å². The van der Waals surface area contributed by atoms with Crippen molar-refractivity contribution in [1.29, 1.82) is 0 Å². The van der Waals surface area contributed by atoms with Gasteiger partial charge in [-0.3, -0.25) is 14.5 Å². The number of carbonyl (C=O) groups is 2. The molecule has 0 saturated carbocycles.